The zero-order valence-electron chi connectivity index (χ0n) is 16.5. The summed E-state index contributed by atoms with van der Waals surface area (Å²) in [5.41, 5.74) is 3.33. The van der Waals surface area contributed by atoms with Gasteiger partial charge in [-0.25, -0.2) is 4.68 Å². The maximum Gasteiger partial charge on any atom is 0.410 e. The molecule has 5 nitrogen and oxygen atoms in total. The number of benzene rings is 2. The lowest BCUT2D eigenvalue weighted by atomic mass is 9.97. The summed E-state index contributed by atoms with van der Waals surface area (Å²) in [7, 11) is 0. The molecular weight excluding hydrogens is 393 g/mol. The van der Waals surface area contributed by atoms with E-state index in [9.17, 15) is 18.0 Å². The molecule has 0 saturated heterocycles. The Morgan fingerprint density at radius 2 is 1.83 bits per heavy atom. The summed E-state index contributed by atoms with van der Waals surface area (Å²) in [5.74, 6) is -0.387. The molecule has 8 heteroatoms. The molecule has 156 valence electrons. The van der Waals surface area contributed by atoms with E-state index in [-0.39, 0.29) is 17.9 Å². The Hall–Kier alpha value is -3.29. The summed E-state index contributed by atoms with van der Waals surface area (Å²) in [6.45, 7) is 3.87. The fourth-order valence-electron chi connectivity index (χ4n) is 3.60. The molecule has 1 aliphatic heterocycles. The van der Waals surface area contributed by atoms with Crippen molar-refractivity contribution in [1.82, 2.24) is 9.78 Å². The average Bonchev–Trinajstić information content (AvgIpc) is 3.14. The first-order chi connectivity index (χ1) is 14.2. The zero-order chi connectivity index (χ0) is 21.5. The van der Waals surface area contributed by atoms with Gasteiger partial charge in [0.1, 0.15) is 5.82 Å². The van der Waals surface area contributed by atoms with Crippen LogP contribution in [-0.4, -0.2) is 21.9 Å². The maximum absolute atomic E-state index is 13.8. The lowest BCUT2D eigenvalue weighted by molar-refractivity contribution is -0.173. The number of halogens is 3. The van der Waals surface area contributed by atoms with Gasteiger partial charge in [0.2, 0.25) is 0 Å². The fraction of sp³-hybridized carbons (Fsp3) is 0.273. The van der Waals surface area contributed by atoms with Gasteiger partial charge in [-0.2, -0.15) is 18.3 Å². The number of carbonyl (C=O) groups is 1. The molecule has 2 atom stereocenters. The Morgan fingerprint density at radius 1 is 1.10 bits per heavy atom. The molecule has 1 aliphatic rings. The number of nitrogens with one attached hydrogen (secondary N) is 2. The number of anilines is 2. The number of alkyl halides is 3. The van der Waals surface area contributed by atoms with Gasteiger partial charge in [0.15, 0.2) is 11.7 Å². The molecule has 0 aliphatic carbocycles. The molecule has 0 saturated carbocycles. The van der Waals surface area contributed by atoms with Crippen LogP contribution in [0.15, 0.2) is 54.6 Å². The topological polar surface area (TPSA) is 59.0 Å². The molecule has 0 bridgehead atoms. The largest absolute Gasteiger partial charge is 0.410 e. The van der Waals surface area contributed by atoms with Crippen LogP contribution in [0.5, 0.6) is 0 Å². The van der Waals surface area contributed by atoms with Crippen LogP contribution in [0.1, 0.15) is 45.7 Å². The number of carbonyl (C=O) groups excluding carboxylic acids is 1. The van der Waals surface area contributed by atoms with Gasteiger partial charge in [-0.15, -0.1) is 0 Å². The fourth-order valence-corrected chi connectivity index (χ4v) is 3.60. The zero-order valence-corrected chi connectivity index (χ0v) is 16.5. The van der Waals surface area contributed by atoms with E-state index in [2.05, 4.69) is 15.7 Å². The molecule has 2 aromatic carbocycles. The first-order valence-corrected chi connectivity index (χ1v) is 9.59. The average molecular weight is 414 g/mol. The van der Waals surface area contributed by atoms with E-state index in [1.165, 1.54) is 6.07 Å². The van der Waals surface area contributed by atoms with Crippen molar-refractivity contribution < 1.29 is 18.0 Å². The van der Waals surface area contributed by atoms with Crippen LogP contribution < -0.4 is 10.6 Å². The normalized spacial score (nSPS) is 18.4. The smallest absolute Gasteiger partial charge is 0.363 e. The van der Waals surface area contributed by atoms with E-state index in [4.69, 9.17) is 0 Å². The van der Waals surface area contributed by atoms with Crippen molar-refractivity contribution >= 4 is 17.4 Å². The van der Waals surface area contributed by atoms with Gasteiger partial charge >= 0.3 is 6.18 Å². The summed E-state index contributed by atoms with van der Waals surface area (Å²) in [5, 5.41) is 9.78. The first kappa shape index (κ1) is 20.0. The number of fused-ring (bicyclic) bond motifs is 1. The van der Waals surface area contributed by atoms with Crippen LogP contribution in [0.3, 0.4) is 0 Å². The number of hydrogen-bond donors (Lipinski definition) is 2. The first-order valence-electron chi connectivity index (χ1n) is 9.59. The van der Waals surface area contributed by atoms with Crippen molar-refractivity contribution in [3.63, 3.8) is 0 Å². The minimum Gasteiger partial charge on any atom is -0.363 e. The highest BCUT2D eigenvalue weighted by Gasteiger charge is 2.46. The van der Waals surface area contributed by atoms with Gasteiger partial charge in [0.25, 0.3) is 5.91 Å². The molecule has 2 heterocycles. The SMILES string of the molecule is Cc1ccc(NC(=O)c2cc3n(n2)[C@H](C(F)(F)F)C[C@@H](c2ccccc2)N3)cc1C. The van der Waals surface area contributed by atoms with Crippen LogP contribution in [-0.2, 0) is 0 Å². The van der Waals surface area contributed by atoms with E-state index in [1.54, 1.807) is 30.3 Å². The lowest BCUT2D eigenvalue weighted by Crippen LogP contribution is -2.35. The monoisotopic (exact) mass is 414 g/mol. The molecule has 30 heavy (non-hydrogen) atoms. The Morgan fingerprint density at radius 3 is 2.50 bits per heavy atom. The maximum atomic E-state index is 13.8. The van der Waals surface area contributed by atoms with E-state index in [1.807, 2.05) is 32.0 Å². The van der Waals surface area contributed by atoms with Gasteiger partial charge in [-0.3, -0.25) is 4.79 Å². The summed E-state index contributed by atoms with van der Waals surface area (Å²) in [4.78, 5) is 12.6. The summed E-state index contributed by atoms with van der Waals surface area (Å²) >= 11 is 0. The highest BCUT2D eigenvalue weighted by molar-refractivity contribution is 6.03. The summed E-state index contributed by atoms with van der Waals surface area (Å²) in [6, 6.07) is 13.4. The summed E-state index contributed by atoms with van der Waals surface area (Å²) < 4.78 is 42.1. The van der Waals surface area contributed by atoms with E-state index in [0.717, 1.165) is 21.4 Å². The molecule has 0 spiro atoms. The molecule has 4 rings (SSSR count). The van der Waals surface area contributed by atoms with Gasteiger partial charge in [0.05, 0.1) is 6.04 Å². The van der Waals surface area contributed by atoms with Gasteiger partial charge in [-0.05, 0) is 42.7 Å². The minimum atomic E-state index is -4.49. The standard InChI is InChI=1S/C22H21F3N4O/c1-13-8-9-16(10-14(13)2)26-21(30)18-12-20-27-17(15-6-4-3-5-7-15)11-19(22(23,24)25)29(20)28-18/h3-10,12,17,19,27H,11H2,1-2H3,(H,26,30)/t17-,19-/m0/s1. The third-order valence-electron chi connectivity index (χ3n) is 5.39. The predicted octanol–water partition coefficient (Wildman–Crippen LogP) is 5.41. The van der Waals surface area contributed by atoms with Gasteiger partial charge in [0, 0.05) is 18.2 Å². The van der Waals surface area contributed by atoms with Crippen molar-refractivity contribution in [2.75, 3.05) is 10.6 Å². The van der Waals surface area contributed by atoms with Gasteiger partial charge < -0.3 is 10.6 Å². The lowest BCUT2D eigenvalue weighted by Gasteiger charge is -2.33. The Labute approximate surface area is 171 Å². The third-order valence-corrected chi connectivity index (χ3v) is 5.39. The van der Waals surface area contributed by atoms with Crippen LogP contribution in [0.2, 0.25) is 0 Å². The van der Waals surface area contributed by atoms with Crippen molar-refractivity contribution in [3.05, 3.63) is 77.0 Å². The number of rotatable bonds is 3. The third kappa shape index (κ3) is 3.90. The summed E-state index contributed by atoms with van der Waals surface area (Å²) in [6.07, 6.45) is -4.70. The van der Waals surface area contributed by atoms with Crippen molar-refractivity contribution in [1.29, 1.82) is 0 Å². The molecule has 3 aromatic rings. The molecule has 1 amide bonds. The van der Waals surface area contributed by atoms with E-state index >= 15 is 0 Å². The predicted molar refractivity (Wildman–Crippen MR) is 109 cm³/mol. The second-order valence-electron chi connectivity index (χ2n) is 7.51. The highest BCUT2D eigenvalue weighted by atomic mass is 19.4. The van der Waals surface area contributed by atoms with Gasteiger partial charge in [-0.1, -0.05) is 36.4 Å². The number of aromatic nitrogens is 2. The second kappa shape index (κ2) is 7.51. The van der Waals surface area contributed by atoms with Crippen LogP contribution in [0.25, 0.3) is 0 Å². The highest BCUT2D eigenvalue weighted by Crippen LogP contribution is 2.43. The quantitative estimate of drug-likeness (QED) is 0.602. The number of nitrogens with zero attached hydrogens (tertiary/aromatic N) is 2. The van der Waals surface area contributed by atoms with Crippen molar-refractivity contribution in [3.8, 4) is 0 Å². The molecular formula is C22H21F3N4O. The number of hydrogen-bond acceptors (Lipinski definition) is 3. The molecule has 0 radical (unpaired) electrons. The molecule has 0 fully saturated rings. The van der Waals surface area contributed by atoms with Crippen LogP contribution in [0, 0.1) is 13.8 Å². The molecule has 1 aromatic heterocycles. The molecule has 2 N–H and O–H groups in total. The van der Waals surface area contributed by atoms with E-state index in [0.29, 0.717) is 5.69 Å². The van der Waals surface area contributed by atoms with Crippen LogP contribution >= 0.6 is 0 Å². The number of amides is 1. The number of aryl methyl sites for hydroxylation is 2. The second-order valence-corrected chi connectivity index (χ2v) is 7.51. The molecule has 0 unspecified atom stereocenters. The Bertz CT molecular complexity index is 1080. The minimum absolute atomic E-state index is 0.0707. The van der Waals surface area contributed by atoms with E-state index < -0.39 is 24.2 Å². The Kier molecular flexibility index (Phi) is 5.01. The Balaban J connectivity index is 1.63. The van der Waals surface area contributed by atoms with Crippen molar-refractivity contribution in [2.45, 2.75) is 38.5 Å². The van der Waals surface area contributed by atoms with Crippen LogP contribution in [0.4, 0.5) is 24.7 Å². The van der Waals surface area contributed by atoms with Crippen molar-refractivity contribution in [2.24, 2.45) is 0 Å².